The van der Waals surface area contributed by atoms with E-state index < -0.39 is 21.5 Å². The van der Waals surface area contributed by atoms with E-state index in [4.69, 9.17) is 21.4 Å². The van der Waals surface area contributed by atoms with Gasteiger partial charge in [-0.15, -0.1) is 0 Å². The highest BCUT2D eigenvalue weighted by molar-refractivity contribution is 7.89. The average Bonchev–Trinajstić information content (AvgIpc) is 3.17. The van der Waals surface area contributed by atoms with Crippen LogP contribution in [-0.4, -0.2) is 43.9 Å². The zero-order valence-corrected chi connectivity index (χ0v) is 12.7. The second kappa shape index (κ2) is 5.45. The summed E-state index contributed by atoms with van der Waals surface area (Å²) < 4.78 is 32.1. The number of methoxy groups -OCH3 is 1. The summed E-state index contributed by atoms with van der Waals surface area (Å²) in [4.78, 5) is 10.8. The number of sulfonamides is 1. The molecule has 21 heavy (non-hydrogen) atoms. The van der Waals surface area contributed by atoms with Crippen molar-refractivity contribution in [2.24, 2.45) is 0 Å². The average molecular weight is 336 g/mol. The molecule has 0 spiro atoms. The van der Waals surface area contributed by atoms with Gasteiger partial charge in [0.2, 0.25) is 10.0 Å². The van der Waals surface area contributed by atoms with Crippen LogP contribution in [0, 0.1) is 0 Å². The number of hydrogen-bond acceptors (Lipinski definition) is 5. The standard InChI is InChI=1S/C12H14ClNO6S/c1-20-10-8(11(16)17)4-7(13)5-9(10)21(18,19)14-12(6-15)2-3-12/h4-5,14-15H,2-3,6H2,1H3,(H,16,17). The third-order valence-corrected chi connectivity index (χ3v) is 5.05. The highest BCUT2D eigenvalue weighted by Crippen LogP contribution is 2.38. The van der Waals surface area contributed by atoms with E-state index in [9.17, 15) is 18.3 Å². The maximum absolute atomic E-state index is 12.4. The van der Waals surface area contributed by atoms with E-state index in [2.05, 4.69) is 4.72 Å². The van der Waals surface area contributed by atoms with Gasteiger partial charge in [0.25, 0.3) is 0 Å². The lowest BCUT2D eigenvalue weighted by atomic mass is 10.2. The molecule has 0 atom stereocenters. The Morgan fingerprint density at radius 3 is 2.52 bits per heavy atom. The topological polar surface area (TPSA) is 113 Å². The lowest BCUT2D eigenvalue weighted by Gasteiger charge is -2.17. The van der Waals surface area contributed by atoms with Gasteiger partial charge in [-0.05, 0) is 25.0 Å². The first-order valence-electron chi connectivity index (χ1n) is 6.00. The predicted molar refractivity (Wildman–Crippen MR) is 74.3 cm³/mol. The van der Waals surface area contributed by atoms with Crippen molar-refractivity contribution in [1.29, 1.82) is 0 Å². The summed E-state index contributed by atoms with van der Waals surface area (Å²) in [5.74, 6) is -1.65. The molecule has 0 saturated heterocycles. The number of hydrogen-bond donors (Lipinski definition) is 3. The van der Waals surface area contributed by atoms with Gasteiger partial charge in [-0.3, -0.25) is 0 Å². The smallest absolute Gasteiger partial charge is 0.339 e. The Morgan fingerprint density at radius 2 is 2.10 bits per heavy atom. The van der Waals surface area contributed by atoms with Crippen LogP contribution in [0.2, 0.25) is 5.02 Å². The number of aliphatic hydroxyl groups is 1. The van der Waals surface area contributed by atoms with Gasteiger partial charge in [0.15, 0.2) is 5.75 Å². The molecule has 0 aliphatic heterocycles. The molecular formula is C12H14ClNO6S. The van der Waals surface area contributed by atoms with Crippen LogP contribution < -0.4 is 9.46 Å². The number of carboxylic acids is 1. The van der Waals surface area contributed by atoms with E-state index in [-0.39, 0.29) is 27.8 Å². The number of ether oxygens (including phenoxy) is 1. The molecular weight excluding hydrogens is 322 g/mol. The highest BCUT2D eigenvalue weighted by atomic mass is 35.5. The number of rotatable bonds is 6. The van der Waals surface area contributed by atoms with Gasteiger partial charge in [-0.25, -0.2) is 17.9 Å². The van der Waals surface area contributed by atoms with Crippen molar-refractivity contribution in [2.45, 2.75) is 23.3 Å². The lowest BCUT2D eigenvalue weighted by Crippen LogP contribution is -2.39. The molecule has 1 aliphatic carbocycles. The maximum Gasteiger partial charge on any atom is 0.339 e. The van der Waals surface area contributed by atoms with Crippen LogP contribution in [-0.2, 0) is 10.0 Å². The van der Waals surface area contributed by atoms with E-state index in [0.717, 1.165) is 12.1 Å². The van der Waals surface area contributed by atoms with Crippen molar-refractivity contribution in [2.75, 3.05) is 13.7 Å². The normalized spacial score (nSPS) is 16.5. The molecule has 3 N–H and O–H groups in total. The summed E-state index contributed by atoms with van der Waals surface area (Å²) in [7, 11) is -2.90. The summed E-state index contributed by atoms with van der Waals surface area (Å²) in [5, 5.41) is 18.3. The Labute approximate surface area is 126 Å². The molecule has 0 radical (unpaired) electrons. The first-order chi connectivity index (χ1) is 9.74. The van der Waals surface area contributed by atoms with Crippen molar-refractivity contribution in [3.63, 3.8) is 0 Å². The SMILES string of the molecule is COc1c(C(=O)O)cc(Cl)cc1S(=O)(=O)NC1(CO)CC1. The van der Waals surface area contributed by atoms with E-state index in [1.807, 2.05) is 0 Å². The van der Waals surface area contributed by atoms with Gasteiger partial charge in [-0.2, -0.15) is 0 Å². The molecule has 1 aliphatic rings. The second-order valence-electron chi connectivity index (χ2n) is 4.83. The summed E-state index contributed by atoms with van der Waals surface area (Å²) in [5.41, 5.74) is -1.23. The highest BCUT2D eigenvalue weighted by Gasteiger charge is 2.46. The van der Waals surface area contributed by atoms with Crippen LogP contribution in [0.1, 0.15) is 23.2 Å². The van der Waals surface area contributed by atoms with E-state index in [1.165, 1.54) is 7.11 Å². The molecule has 1 aromatic rings. The molecule has 1 aromatic carbocycles. The monoisotopic (exact) mass is 335 g/mol. The molecule has 7 nitrogen and oxygen atoms in total. The van der Waals surface area contributed by atoms with Crippen molar-refractivity contribution in [3.05, 3.63) is 22.7 Å². The van der Waals surface area contributed by atoms with Crippen LogP contribution in [0.25, 0.3) is 0 Å². The molecule has 0 aromatic heterocycles. The quantitative estimate of drug-likeness (QED) is 0.710. The van der Waals surface area contributed by atoms with Crippen LogP contribution in [0.3, 0.4) is 0 Å². The molecule has 0 heterocycles. The molecule has 0 amide bonds. The Kier molecular flexibility index (Phi) is 4.16. The summed E-state index contributed by atoms with van der Waals surface area (Å²) in [6.07, 6.45) is 1.02. The lowest BCUT2D eigenvalue weighted by molar-refractivity contribution is 0.0693. The van der Waals surface area contributed by atoms with Crippen molar-refractivity contribution >= 4 is 27.6 Å². The fourth-order valence-electron chi connectivity index (χ4n) is 1.92. The Hall–Kier alpha value is -1.35. The minimum absolute atomic E-state index is 0.0394. The molecule has 2 rings (SSSR count). The van der Waals surface area contributed by atoms with Crippen LogP contribution in [0.4, 0.5) is 0 Å². The van der Waals surface area contributed by atoms with Crippen molar-refractivity contribution < 1.29 is 28.2 Å². The van der Waals surface area contributed by atoms with E-state index >= 15 is 0 Å². The fourth-order valence-corrected chi connectivity index (χ4v) is 3.87. The van der Waals surface area contributed by atoms with Crippen molar-refractivity contribution in [1.82, 2.24) is 4.72 Å². The maximum atomic E-state index is 12.4. The summed E-state index contributed by atoms with van der Waals surface area (Å²) >= 11 is 5.79. The molecule has 0 bridgehead atoms. The first-order valence-corrected chi connectivity index (χ1v) is 7.86. The van der Waals surface area contributed by atoms with Gasteiger partial charge >= 0.3 is 5.97 Å². The van der Waals surface area contributed by atoms with Crippen molar-refractivity contribution in [3.8, 4) is 5.75 Å². The number of halogens is 1. The number of carboxylic acid groups (broad SMARTS) is 1. The van der Waals surface area contributed by atoms with Crippen LogP contribution in [0.15, 0.2) is 17.0 Å². The number of aliphatic hydroxyl groups excluding tert-OH is 1. The second-order valence-corrected chi connectivity index (χ2v) is 6.92. The van der Waals surface area contributed by atoms with Gasteiger partial charge in [0, 0.05) is 5.02 Å². The van der Waals surface area contributed by atoms with Gasteiger partial charge in [0.05, 0.1) is 19.3 Å². The molecule has 116 valence electrons. The fraction of sp³-hybridized carbons (Fsp3) is 0.417. The van der Waals surface area contributed by atoms with E-state index in [1.54, 1.807) is 0 Å². The molecule has 9 heteroatoms. The largest absolute Gasteiger partial charge is 0.494 e. The minimum atomic E-state index is -4.07. The molecule has 1 fully saturated rings. The third-order valence-electron chi connectivity index (χ3n) is 3.25. The Morgan fingerprint density at radius 1 is 1.48 bits per heavy atom. The van der Waals surface area contributed by atoms with Gasteiger partial charge in [0.1, 0.15) is 10.5 Å². The predicted octanol–water partition coefficient (Wildman–Crippen LogP) is 0.850. The minimum Gasteiger partial charge on any atom is -0.494 e. The third kappa shape index (κ3) is 3.13. The number of carbonyl (C=O) groups is 1. The summed E-state index contributed by atoms with van der Waals surface area (Å²) in [6.45, 7) is -0.332. The van der Waals surface area contributed by atoms with Crippen LogP contribution >= 0.6 is 11.6 Å². The Balaban J connectivity index is 2.54. The zero-order valence-electron chi connectivity index (χ0n) is 11.1. The summed E-state index contributed by atoms with van der Waals surface area (Å²) in [6, 6.07) is 2.23. The number of nitrogens with one attached hydrogen (secondary N) is 1. The Bertz CT molecular complexity index is 683. The van der Waals surface area contributed by atoms with Gasteiger partial charge in [-0.1, -0.05) is 11.6 Å². The molecule has 0 unspecified atom stereocenters. The first kappa shape index (κ1) is 16.0. The van der Waals surface area contributed by atoms with Crippen LogP contribution in [0.5, 0.6) is 5.75 Å². The number of benzene rings is 1. The van der Waals surface area contributed by atoms with E-state index in [0.29, 0.717) is 12.8 Å². The number of aromatic carboxylic acids is 1. The molecule has 1 saturated carbocycles. The zero-order chi connectivity index (χ0) is 15.8. The van der Waals surface area contributed by atoms with Gasteiger partial charge < -0.3 is 14.9 Å².